The number of rotatable bonds is 3. The third-order valence-corrected chi connectivity index (χ3v) is 2.59. The summed E-state index contributed by atoms with van der Waals surface area (Å²) in [6.45, 7) is 7.22. The standard InChI is InChI=1S/C13H19N3O/c1-13(2,3)9-11-15-10-5-4-6-14-12(10)16(11)7-8-17/h4-6,17H,7-9H2,1-3H3. The summed E-state index contributed by atoms with van der Waals surface area (Å²) in [6, 6.07) is 3.85. The van der Waals surface area contributed by atoms with E-state index in [0.717, 1.165) is 23.4 Å². The molecule has 0 amide bonds. The smallest absolute Gasteiger partial charge is 0.160 e. The highest BCUT2D eigenvalue weighted by molar-refractivity contribution is 5.71. The maximum Gasteiger partial charge on any atom is 0.160 e. The van der Waals surface area contributed by atoms with Crippen LogP contribution in [0, 0.1) is 5.41 Å². The summed E-state index contributed by atoms with van der Waals surface area (Å²) >= 11 is 0. The van der Waals surface area contributed by atoms with Crippen LogP contribution in [0.4, 0.5) is 0 Å². The largest absolute Gasteiger partial charge is 0.395 e. The van der Waals surface area contributed by atoms with Crippen molar-refractivity contribution in [2.24, 2.45) is 5.41 Å². The van der Waals surface area contributed by atoms with E-state index in [0.29, 0.717) is 6.54 Å². The van der Waals surface area contributed by atoms with Gasteiger partial charge in [-0.25, -0.2) is 9.97 Å². The molecule has 92 valence electrons. The van der Waals surface area contributed by atoms with Gasteiger partial charge in [0.15, 0.2) is 5.65 Å². The molecular weight excluding hydrogens is 214 g/mol. The first-order valence-electron chi connectivity index (χ1n) is 5.92. The van der Waals surface area contributed by atoms with E-state index in [2.05, 4.69) is 30.7 Å². The molecule has 0 aliphatic heterocycles. The molecule has 4 heteroatoms. The second kappa shape index (κ2) is 4.45. The van der Waals surface area contributed by atoms with Crippen LogP contribution >= 0.6 is 0 Å². The molecule has 0 saturated carbocycles. The van der Waals surface area contributed by atoms with Crippen LogP contribution < -0.4 is 0 Å². The van der Waals surface area contributed by atoms with E-state index in [1.54, 1.807) is 6.20 Å². The predicted octanol–water partition coefficient (Wildman–Crippen LogP) is 2.01. The van der Waals surface area contributed by atoms with Gasteiger partial charge in [-0.15, -0.1) is 0 Å². The second-order valence-corrected chi connectivity index (χ2v) is 5.49. The monoisotopic (exact) mass is 233 g/mol. The molecule has 2 aromatic heterocycles. The first kappa shape index (κ1) is 12.0. The third-order valence-electron chi connectivity index (χ3n) is 2.59. The summed E-state index contributed by atoms with van der Waals surface area (Å²) in [5.74, 6) is 1.00. The fourth-order valence-electron chi connectivity index (χ4n) is 1.95. The quantitative estimate of drug-likeness (QED) is 0.882. The Bertz CT molecular complexity index is 511. The number of nitrogens with zero attached hydrogens (tertiary/aromatic N) is 3. The molecule has 2 rings (SSSR count). The highest BCUT2D eigenvalue weighted by Crippen LogP contribution is 2.22. The number of imidazole rings is 1. The minimum Gasteiger partial charge on any atom is -0.395 e. The lowest BCUT2D eigenvalue weighted by atomic mass is 9.92. The van der Waals surface area contributed by atoms with Crippen molar-refractivity contribution in [1.82, 2.24) is 14.5 Å². The molecule has 0 unspecified atom stereocenters. The molecule has 0 radical (unpaired) electrons. The van der Waals surface area contributed by atoms with Gasteiger partial charge in [-0.2, -0.15) is 0 Å². The van der Waals surface area contributed by atoms with Gasteiger partial charge in [0.1, 0.15) is 11.3 Å². The van der Waals surface area contributed by atoms with E-state index < -0.39 is 0 Å². The van der Waals surface area contributed by atoms with Gasteiger partial charge in [0.05, 0.1) is 6.61 Å². The Balaban J connectivity index is 2.49. The van der Waals surface area contributed by atoms with Gasteiger partial charge in [0.25, 0.3) is 0 Å². The minimum absolute atomic E-state index is 0.110. The highest BCUT2D eigenvalue weighted by Gasteiger charge is 2.18. The number of hydrogen-bond donors (Lipinski definition) is 1. The fourth-order valence-corrected chi connectivity index (χ4v) is 1.95. The summed E-state index contributed by atoms with van der Waals surface area (Å²) in [6.07, 6.45) is 2.64. The number of hydrogen-bond acceptors (Lipinski definition) is 3. The molecule has 0 spiro atoms. The molecule has 0 saturated heterocycles. The predicted molar refractivity (Wildman–Crippen MR) is 67.8 cm³/mol. The molecule has 0 aliphatic carbocycles. The SMILES string of the molecule is CC(C)(C)Cc1nc2cccnc2n1CCO. The Kier molecular flexibility index (Phi) is 3.15. The average Bonchev–Trinajstić information content (AvgIpc) is 2.55. The molecule has 17 heavy (non-hydrogen) atoms. The third kappa shape index (κ3) is 2.64. The molecule has 0 bridgehead atoms. The summed E-state index contributed by atoms with van der Waals surface area (Å²) in [7, 11) is 0. The molecule has 4 nitrogen and oxygen atoms in total. The van der Waals surface area contributed by atoms with Gasteiger partial charge in [-0.3, -0.25) is 0 Å². The zero-order chi connectivity index (χ0) is 12.5. The van der Waals surface area contributed by atoms with E-state index in [9.17, 15) is 0 Å². The van der Waals surface area contributed by atoms with Crippen molar-refractivity contribution in [1.29, 1.82) is 0 Å². The van der Waals surface area contributed by atoms with Crippen LogP contribution in [0.15, 0.2) is 18.3 Å². The van der Waals surface area contributed by atoms with E-state index in [1.807, 2.05) is 16.7 Å². The Hall–Kier alpha value is -1.42. The van der Waals surface area contributed by atoms with Crippen molar-refractivity contribution in [2.45, 2.75) is 33.7 Å². The van der Waals surface area contributed by atoms with E-state index >= 15 is 0 Å². The van der Waals surface area contributed by atoms with E-state index in [4.69, 9.17) is 5.11 Å². The summed E-state index contributed by atoms with van der Waals surface area (Å²) in [5, 5.41) is 9.14. The van der Waals surface area contributed by atoms with Gasteiger partial charge in [-0.1, -0.05) is 20.8 Å². The first-order chi connectivity index (χ1) is 8.01. The maximum atomic E-state index is 9.14. The van der Waals surface area contributed by atoms with Crippen molar-refractivity contribution < 1.29 is 5.11 Å². The first-order valence-corrected chi connectivity index (χ1v) is 5.92. The zero-order valence-electron chi connectivity index (χ0n) is 10.6. The lowest BCUT2D eigenvalue weighted by Crippen LogP contribution is -2.15. The molecule has 1 N–H and O–H groups in total. The Morgan fingerprint density at radius 3 is 2.76 bits per heavy atom. The summed E-state index contributed by atoms with van der Waals surface area (Å²) in [4.78, 5) is 8.95. The van der Waals surface area contributed by atoms with Gasteiger partial charge >= 0.3 is 0 Å². The van der Waals surface area contributed by atoms with Crippen LogP contribution in [-0.4, -0.2) is 26.2 Å². The van der Waals surface area contributed by atoms with Crippen LogP contribution in [0.25, 0.3) is 11.2 Å². The van der Waals surface area contributed by atoms with Gasteiger partial charge in [0.2, 0.25) is 0 Å². The van der Waals surface area contributed by atoms with Gasteiger partial charge < -0.3 is 9.67 Å². The van der Waals surface area contributed by atoms with E-state index in [-0.39, 0.29) is 12.0 Å². The van der Waals surface area contributed by atoms with Crippen molar-refractivity contribution >= 4 is 11.2 Å². The van der Waals surface area contributed by atoms with E-state index in [1.165, 1.54) is 0 Å². The highest BCUT2D eigenvalue weighted by atomic mass is 16.3. The average molecular weight is 233 g/mol. The number of pyridine rings is 1. The number of aliphatic hydroxyl groups excluding tert-OH is 1. The summed E-state index contributed by atoms with van der Waals surface area (Å²) < 4.78 is 2.01. The number of fused-ring (bicyclic) bond motifs is 1. The Morgan fingerprint density at radius 2 is 2.12 bits per heavy atom. The Labute approximate surface area is 101 Å². The molecule has 0 aromatic carbocycles. The van der Waals surface area contributed by atoms with Crippen molar-refractivity contribution in [3.8, 4) is 0 Å². The maximum absolute atomic E-state index is 9.14. The van der Waals surface area contributed by atoms with Crippen LogP contribution in [0.3, 0.4) is 0 Å². The molecule has 2 heterocycles. The van der Waals surface area contributed by atoms with Crippen LogP contribution in [0.5, 0.6) is 0 Å². The minimum atomic E-state index is 0.110. The van der Waals surface area contributed by atoms with Gasteiger partial charge in [-0.05, 0) is 17.5 Å². The number of aliphatic hydroxyl groups is 1. The second-order valence-electron chi connectivity index (χ2n) is 5.49. The normalized spacial score (nSPS) is 12.2. The molecule has 2 aromatic rings. The fraction of sp³-hybridized carbons (Fsp3) is 0.538. The molecule has 0 fully saturated rings. The van der Waals surface area contributed by atoms with Crippen molar-refractivity contribution in [3.63, 3.8) is 0 Å². The van der Waals surface area contributed by atoms with Crippen LogP contribution in [0.2, 0.25) is 0 Å². The molecule has 0 aliphatic rings. The van der Waals surface area contributed by atoms with Crippen molar-refractivity contribution in [3.05, 3.63) is 24.2 Å². The number of aromatic nitrogens is 3. The molecule has 0 atom stereocenters. The van der Waals surface area contributed by atoms with Crippen LogP contribution in [0.1, 0.15) is 26.6 Å². The van der Waals surface area contributed by atoms with Crippen molar-refractivity contribution in [2.75, 3.05) is 6.61 Å². The zero-order valence-corrected chi connectivity index (χ0v) is 10.6. The van der Waals surface area contributed by atoms with Crippen LogP contribution in [-0.2, 0) is 13.0 Å². The van der Waals surface area contributed by atoms with Gasteiger partial charge in [0, 0.05) is 19.2 Å². The summed E-state index contributed by atoms with van der Waals surface area (Å²) in [5.41, 5.74) is 1.94. The topological polar surface area (TPSA) is 50.9 Å². The lowest BCUT2D eigenvalue weighted by Gasteiger charge is -2.18. The lowest BCUT2D eigenvalue weighted by molar-refractivity contribution is 0.273. The Morgan fingerprint density at radius 1 is 1.35 bits per heavy atom. The molecular formula is C13H19N3O.